The van der Waals surface area contributed by atoms with Gasteiger partial charge in [0.1, 0.15) is 17.8 Å². The Hall–Kier alpha value is -3.13. The number of nitrogen functional groups attached to an aromatic ring is 1. The lowest BCUT2D eigenvalue weighted by Crippen LogP contribution is -2.47. The van der Waals surface area contributed by atoms with Gasteiger partial charge in [0, 0.05) is 0 Å². The van der Waals surface area contributed by atoms with E-state index in [1.54, 1.807) is 44.2 Å². The van der Waals surface area contributed by atoms with Crippen LogP contribution in [-0.4, -0.2) is 68.2 Å². The number of esters is 1. The maximum absolute atomic E-state index is 13.6. The lowest BCUT2D eigenvalue weighted by molar-refractivity contribution is -0.155. The summed E-state index contributed by atoms with van der Waals surface area (Å²) in [6.45, 7) is 5.06. The van der Waals surface area contributed by atoms with Gasteiger partial charge in [0.05, 0.1) is 26.1 Å². The summed E-state index contributed by atoms with van der Waals surface area (Å²) in [6, 6.07) is 8.40. The van der Waals surface area contributed by atoms with E-state index in [1.807, 2.05) is 0 Å². The number of imidazole rings is 1. The largest absolute Gasteiger partial charge is 0.476 e. The fourth-order valence-electron chi connectivity index (χ4n) is 4.46. The normalized spacial score (nSPS) is 29.6. The smallest absolute Gasteiger partial charge is 0.476 e. The average Bonchev–Trinajstić information content (AvgIpc) is 3.41. The lowest BCUT2D eigenvalue weighted by Gasteiger charge is -2.35. The molecule has 38 heavy (non-hydrogen) atoms. The van der Waals surface area contributed by atoms with Crippen LogP contribution in [0.2, 0.25) is 0 Å². The summed E-state index contributed by atoms with van der Waals surface area (Å²) < 4.78 is 48.6. The molecular weight excluding hydrogens is 521 g/mol. The summed E-state index contributed by atoms with van der Waals surface area (Å²) >= 11 is 0. The van der Waals surface area contributed by atoms with Crippen molar-refractivity contribution in [1.29, 1.82) is 0 Å². The van der Waals surface area contributed by atoms with Crippen LogP contribution >= 0.6 is 7.82 Å². The molecule has 14 nitrogen and oxygen atoms in total. The number of benzene rings is 1. The SMILES string of the molecule is CCOC(=O)C(O[P@@]1(=O)OC[C@H]2O[C@@H](n3cnc4c(OCC)nc(N)nc43)[C@](C)(O)[C@@H]2O1)c1ccccc1. The zero-order valence-corrected chi connectivity index (χ0v) is 21.8. The Morgan fingerprint density at radius 3 is 2.76 bits per heavy atom. The van der Waals surface area contributed by atoms with E-state index >= 15 is 0 Å². The van der Waals surface area contributed by atoms with Gasteiger partial charge in [-0.05, 0) is 26.3 Å². The van der Waals surface area contributed by atoms with Crippen LogP contribution in [0.1, 0.15) is 38.7 Å². The van der Waals surface area contributed by atoms with E-state index in [2.05, 4.69) is 15.0 Å². The molecule has 2 aliphatic rings. The Balaban J connectivity index is 1.43. The van der Waals surface area contributed by atoms with Crippen molar-refractivity contribution in [3.8, 4) is 5.88 Å². The predicted octanol–water partition coefficient (Wildman–Crippen LogP) is 2.30. The molecule has 1 aromatic carbocycles. The van der Waals surface area contributed by atoms with E-state index in [1.165, 1.54) is 17.8 Å². The summed E-state index contributed by atoms with van der Waals surface area (Å²) in [7, 11) is -4.37. The summed E-state index contributed by atoms with van der Waals surface area (Å²) in [6.07, 6.45) is -3.05. The van der Waals surface area contributed by atoms with Gasteiger partial charge in [0.25, 0.3) is 0 Å². The van der Waals surface area contributed by atoms with Gasteiger partial charge in [-0.2, -0.15) is 9.97 Å². The second kappa shape index (κ2) is 10.2. The molecule has 4 heterocycles. The highest BCUT2D eigenvalue weighted by atomic mass is 31.2. The van der Waals surface area contributed by atoms with E-state index < -0.39 is 43.9 Å². The zero-order valence-electron chi connectivity index (χ0n) is 20.9. The number of hydrogen-bond acceptors (Lipinski definition) is 13. The van der Waals surface area contributed by atoms with Gasteiger partial charge in [-0.1, -0.05) is 30.3 Å². The predicted molar refractivity (Wildman–Crippen MR) is 131 cm³/mol. The van der Waals surface area contributed by atoms with Crippen LogP contribution in [0.5, 0.6) is 5.88 Å². The molecule has 2 aliphatic heterocycles. The summed E-state index contributed by atoms with van der Waals surface area (Å²) in [5.74, 6) is -0.629. The molecule has 3 aromatic rings. The molecule has 1 unspecified atom stereocenters. The molecule has 204 valence electrons. The van der Waals surface area contributed by atoms with Crippen LogP contribution in [-0.2, 0) is 32.4 Å². The minimum Gasteiger partial charge on any atom is -0.476 e. The molecule has 2 saturated heterocycles. The van der Waals surface area contributed by atoms with E-state index in [9.17, 15) is 14.5 Å². The fraction of sp³-hybridized carbons (Fsp3) is 0.478. The minimum atomic E-state index is -4.37. The summed E-state index contributed by atoms with van der Waals surface area (Å²) in [5, 5.41) is 11.6. The standard InChI is InChI=1S/C23H28N5O9P/c1-4-32-19-15-18(26-22(24)27-19)28(12-25-15)21-23(3,30)17-14(35-21)11-34-38(31,37-17)36-16(20(29)33-5-2)13-9-7-6-8-10-13/h6-10,12,14,16-17,21,30H,4-5,11H2,1-3H3,(H2,24,26,27)/t14-,16?,17-,21-,23-,38-/m1/s1. The highest BCUT2D eigenvalue weighted by Crippen LogP contribution is 2.61. The third-order valence-electron chi connectivity index (χ3n) is 6.13. The molecular formula is C23H28N5O9P. The summed E-state index contributed by atoms with van der Waals surface area (Å²) in [5.41, 5.74) is 5.07. The van der Waals surface area contributed by atoms with Crippen LogP contribution in [0.15, 0.2) is 36.7 Å². The van der Waals surface area contributed by atoms with Gasteiger partial charge in [0.2, 0.25) is 11.8 Å². The van der Waals surface area contributed by atoms with E-state index in [-0.39, 0.29) is 30.7 Å². The van der Waals surface area contributed by atoms with Crippen molar-refractivity contribution < 1.29 is 42.2 Å². The van der Waals surface area contributed by atoms with Gasteiger partial charge in [-0.25, -0.2) is 14.3 Å². The Morgan fingerprint density at radius 1 is 1.29 bits per heavy atom. The molecule has 0 amide bonds. The average molecular weight is 549 g/mol. The van der Waals surface area contributed by atoms with Crippen molar-refractivity contribution in [2.24, 2.45) is 0 Å². The number of ether oxygens (including phenoxy) is 3. The molecule has 6 atom stereocenters. The third-order valence-corrected chi connectivity index (χ3v) is 7.55. The number of carbonyl (C=O) groups excluding carboxylic acids is 1. The molecule has 3 N–H and O–H groups in total. The molecule has 0 spiro atoms. The number of nitrogens with zero attached hydrogens (tertiary/aromatic N) is 4. The molecule has 2 fully saturated rings. The number of nitrogens with two attached hydrogens (primary N) is 1. The van der Waals surface area contributed by atoms with E-state index in [0.29, 0.717) is 17.7 Å². The van der Waals surface area contributed by atoms with Gasteiger partial charge in [-0.15, -0.1) is 0 Å². The van der Waals surface area contributed by atoms with Crippen LogP contribution in [0.3, 0.4) is 0 Å². The topological polar surface area (TPSA) is 179 Å². The number of rotatable bonds is 8. The van der Waals surface area contributed by atoms with Crippen molar-refractivity contribution in [3.63, 3.8) is 0 Å². The first-order valence-electron chi connectivity index (χ1n) is 12.0. The van der Waals surface area contributed by atoms with Crippen LogP contribution in [0.25, 0.3) is 11.2 Å². The number of aliphatic hydroxyl groups is 1. The molecule has 2 aromatic heterocycles. The Morgan fingerprint density at radius 2 is 2.05 bits per heavy atom. The molecule has 0 bridgehead atoms. The van der Waals surface area contributed by atoms with E-state index in [0.717, 1.165) is 0 Å². The first kappa shape index (κ1) is 26.5. The highest BCUT2D eigenvalue weighted by molar-refractivity contribution is 7.48. The van der Waals surface area contributed by atoms with Crippen molar-refractivity contribution in [3.05, 3.63) is 42.2 Å². The second-order valence-corrected chi connectivity index (χ2v) is 10.4. The van der Waals surface area contributed by atoms with Crippen molar-refractivity contribution in [2.45, 2.75) is 50.9 Å². The Labute approximate surface area is 217 Å². The summed E-state index contributed by atoms with van der Waals surface area (Å²) in [4.78, 5) is 25.3. The van der Waals surface area contributed by atoms with Gasteiger partial charge < -0.3 is 25.1 Å². The number of fused-ring (bicyclic) bond motifs is 2. The quantitative estimate of drug-likeness (QED) is 0.309. The minimum absolute atomic E-state index is 0.0545. The maximum atomic E-state index is 13.6. The van der Waals surface area contributed by atoms with Gasteiger partial charge in [-0.3, -0.25) is 18.1 Å². The Bertz CT molecular complexity index is 1370. The first-order valence-corrected chi connectivity index (χ1v) is 13.5. The fourth-order valence-corrected chi connectivity index (χ4v) is 6.05. The van der Waals surface area contributed by atoms with E-state index in [4.69, 9.17) is 33.5 Å². The highest BCUT2D eigenvalue weighted by Gasteiger charge is 2.61. The monoisotopic (exact) mass is 549 g/mol. The van der Waals surface area contributed by atoms with Gasteiger partial charge >= 0.3 is 13.8 Å². The van der Waals surface area contributed by atoms with Gasteiger partial charge in [0.15, 0.2) is 23.5 Å². The lowest BCUT2D eigenvalue weighted by atomic mass is 9.96. The molecule has 15 heteroatoms. The maximum Gasteiger partial charge on any atom is 0.476 e. The number of aromatic nitrogens is 4. The molecule has 0 saturated carbocycles. The van der Waals surface area contributed by atoms with Crippen molar-refractivity contribution in [2.75, 3.05) is 25.6 Å². The first-order chi connectivity index (χ1) is 18.2. The molecule has 0 radical (unpaired) electrons. The number of anilines is 1. The number of phosphoric acid groups is 1. The molecule has 5 rings (SSSR count). The van der Waals surface area contributed by atoms with Crippen molar-refractivity contribution >= 4 is 30.9 Å². The van der Waals surface area contributed by atoms with Crippen LogP contribution in [0.4, 0.5) is 5.95 Å². The van der Waals surface area contributed by atoms with Crippen molar-refractivity contribution in [1.82, 2.24) is 19.5 Å². The third kappa shape index (κ3) is 4.75. The zero-order chi connectivity index (χ0) is 27.1. The molecule has 0 aliphatic carbocycles. The number of carbonyl (C=O) groups is 1. The second-order valence-electron chi connectivity index (χ2n) is 8.81. The number of phosphoric ester groups is 1. The number of hydrogen-bond donors (Lipinski definition) is 2. The van der Waals surface area contributed by atoms with Crippen LogP contribution < -0.4 is 10.5 Å². The van der Waals surface area contributed by atoms with Crippen LogP contribution in [0, 0.1) is 0 Å². The Kier molecular flexibility index (Phi) is 7.11.